The van der Waals surface area contributed by atoms with Crippen LogP contribution < -0.4 is 9.47 Å². The number of nitrogens with zero attached hydrogens (tertiary/aromatic N) is 1. The minimum Gasteiger partial charge on any atom is -0.619 e. The Bertz CT molecular complexity index is 574. The Morgan fingerprint density at radius 1 is 1.37 bits per heavy atom. The monoisotopic (exact) mass is 323 g/mol. The highest BCUT2D eigenvalue weighted by molar-refractivity contribution is 9.10. The molecule has 0 radical (unpaired) electrons. The summed E-state index contributed by atoms with van der Waals surface area (Å²) in [4.78, 5) is 0. The van der Waals surface area contributed by atoms with Crippen LogP contribution in [-0.4, -0.2) is 12.2 Å². The molecule has 1 unspecified atom stereocenters. The van der Waals surface area contributed by atoms with Crippen molar-refractivity contribution in [3.05, 3.63) is 63.5 Å². The van der Waals surface area contributed by atoms with E-state index < -0.39 is 6.10 Å². The first-order valence-corrected chi connectivity index (χ1v) is 6.59. The number of aromatic nitrogens is 1. The topological polar surface area (TPSA) is 56.4 Å². The van der Waals surface area contributed by atoms with Gasteiger partial charge in [-0.05, 0) is 18.2 Å². The molecule has 100 valence electrons. The zero-order chi connectivity index (χ0) is 13.8. The van der Waals surface area contributed by atoms with Crippen LogP contribution in [0.4, 0.5) is 0 Å². The zero-order valence-corrected chi connectivity index (χ0v) is 12.0. The normalized spacial score (nSPS) is 12.2. The summed E-state index contributed by atoms with van der Waals surface area (Å²) >= 11 is 3.36. The molecular formula is C14H14BrNO3. The maximum Gasteiger partial charge on any atom is 0.195 e. The van der Waals surface area contributed by atoms with Gasteiger partial charge in [0.1, 0.15) is 5.75 Å². The van der Waals surface area contributed by atoms with Gasteiger partial charge in [0.2, 0.25) is 0 Å². The van der Waals surface area contributed by atoms with E-state index in [0.717, 1.165) is 9.20 Å². The number of benzene rings is 1. The highest BCUT2D eigenvalue weighted by Gasteiger charge is 2.18. The van der Waals surface area contributed by atoms with E-state index in [0.29, 0.717) is 17.0 Å². The third-order valence-corrected chi connectivity index (χ3v) is 3.35. The van der Waals surface area contributed by atoms with Gasteiger partial charge < -0.3 is 15.1 Å². The van der Waals surface area contributed by atoms with Crippen LogP contribution in [0, 0.1) is 5.21 Å². The second-order valence-corrected chi connectivity index (χ2v) is 5.04. The van der Waals surface area contributed by atoms with Crippen molar-refractivity contribution in [2.75, 3.05) is 7.11 Å². The van der Waals surface area contributed by atoms with Crippen LogP contribution in [0.5, 0.6) is 5.75 Å². The van der Waals surface area contributed by atoms with E-state index in [1.165, 1.54) is 6.20 Å². The average Bonchev–Trinajstić information content (AvgIpc) is 2.41. The molecule has 0 spiro atoms. The second kappa shape index (κ2) is 6.04. The smallest absolute Gasteiger partial charge is 0.195 e. The number of pyridine rings is 1. The quantitative estimate of drug-likeness (QED) is 0.694. The molecule has 1 aromatic heterocycles. The first-order valence-electron chi connectivity index (χ1n) is 5.80. The highest BCUT2D eigenvalue weighted by atomic mass is 79.9. The highest BCUT2D eigenvalue weighted by Crippen LogP contribution is 2.29. The molecule has 5 heteroatoms. The Morgan fingerprint density at radius 2 is 2.16 bits per heavy atom. The first kappa shape index (κ1) is 13.8. The standard InChI is InChI=1S/C14H14BrNO3/c1-19-14-6-5-10(15)8-12(14)13(17)9-11-4-2-3-7-16(11)18/h2-8,13,17H,9H2,1H3. The van der Waals surface area contributed by atoms with E-state index >= 15 is 0 Å². The van der Waals surface area contributed by atoms with Crippen LogP contribution in [0.15, 0.2) is 47.1 Å². The molecule has 1 aromatic carbocycles. The summed E-state index contributed by atoms with van der Waals surface area (Å²) in [6.07, 6.45) is 0.854. The fourth-order valence-corrected chi connectivity index (χ4v) is 2.27. The van der Waals surface area contributed by atoms with Gasteiger partial charge in [-0.3, -0.25) is 0 Å². The van der Waals surface area contributed by atoms with Crippen molar-refractivity contribution < 1.29 is 14.6 Å². The van der Waals surface area contributed by atoms with Crippen LogP contribution >= 0.6 is 15.9 Å². The maximum atomic E-state index is 11.6. The predicted molar refractivity (Wildman–Crippen MR) is 74.8 cm³/mol. The molecule has 2 aromatic rings. The Kier molecular flexibility index (Phi) is 4.39. The number of hydrogen-bond donors (Lipinski definition) is 1. The Balaban J connectivity index is 2.27. The van der Waals surface area contributed by atoms with E-state index in [2.05, 4.69) is 15.9 Å². The van der Waals surface area contributed by atoms with E-state index in [9.17, 15) is 10.3 Å². The average molecular weight is 324 g/mol. The maximum absolute atomic E-state index is 11.6. The van der Waals surface area contributed by atoms with Crippen molar-refractivity contribution in [2.24, 2.45) is 0 Å². The second-order valence-electron chi connectivity index (χ2n) is 4.12. The Labute approximate surface area is 120 Å². The van der Waals surface area contributed by atoms with Crippen LogP contribution in [-0.2, 0) is 6.42 Å². The summed E-state index contributed by atoms with van der Waals surface area (Å²) in [5.74, 6) is 0.601. The lowest BCUT2D eigenvalue weighted by Crippen LogP contribution is -2.31. The van der Waals surface area contributed by atoms with E-state index in [1.54, 1.807) is 37.4 Å². The van der Waals surface area contributed by atoms with Crippen LogP contribution in [0.2, 0.25) is 0 Å². The van der Waals surface area contributed by atoms with Gasteiger partial charge in [0.05, 0.1) is 19.6 Å². The fraction of sp³-hybridized carbons (Fsp3) is 0.214. The van der Waals surface area contributed by atoms with Gasteiger partial charge in [0, 0.05) is 22.2 Å². The SMILES string of the molecule is COc1ccc(Br)cc1C(O)Cc1cccc[n+]1[O-]. The molecule has 2 rings (SSSR count). The molecular weight excluding hydrogens is 310 g/mol. The van der Waals surface area contributed by atoms with Crippen molar-refractivity contribution in [1.29, 1.82) is 0 Å². The summed E-state index contributed by atoms with van der Waals surface area (Å²) in [7, 11) is 1.55. The van der Waals surface area contributed by atoms with Gasteiger partial charge in [-0.15, -0.1) is 0 Å². The Morgan fingerprint density at radius 3 is 2.84 bits per heavy atom. The lowest BCUT2D eigenvalue weighted by molar-refractivity contribution is -0.614. The molecule has 0 aliphatic heterocycles. The molecule has 0 aliphatic rings. The molecule has 0 amide bonds. The van der Waals surface area contributed by atoms with Gasteiger partial charge >= 0.3 is 0 Å². The number of aliphatic hydroxyl groups excluding tert-OH is 1. The number of methoxy groups -OCH3 is 1. The van der Waals surface area contributed by atoms with Crippen LogP contribution in [0.3, 0.4) is 0 Å². The van der Waals surface area contributed by atoms with E-state index in [1.807, 2.05) is 6.07 Å². The summed E-state index contributed by atoms with van der Waals surface area (Å²) in [5, 5.41) is 21.9. The lowest BCUT2D eigenvalue weighted by atomic mass is 10.0. The summed E-state index contributed by atoms with van der Waals surface area (Å²) in [6.45, 7) is 0. The largest absolute Gasteiger partial charge is 0.619 e. The number of aliphatic hydroxyl groups is 1. The molecule has 1 heterocycles. The molecule has 0 saturated heterocycles. The van der Waals surface area contributed by atoms with Gasteiger partial charge in [-0.1, -0.05) is 22.0 Å². The van der Waals surface area contributed by atoms with Gasteiger partial charge in [-0.25, -0.2) is 0 Å². The number of halogens is 1. The third-order valence-electron chi connectivity index (χ3n) is 2.86. The minimum atomic E-state index is -0.796. The molecule has 0 aliphatic carbocycles. The lowest BCUT2D eigenvalue weighted by Gasteiger charge is -2.15. The van der Waals surface area contributed by atoms with Crippen molar-refractivity contribution in [3.8, 4) is 5.75 Å². The van der Waals surface area contributed by atoms with Crippen molar-refractivity contribution in [2.45, 2.75) is 12.5 Å². The number of hydrogen-bond acceptors (Lipinski definition) is 3. The summed E-state index contributed by atoms with van der Waals surface area (Å²) in [5.41, 5.74) is 1.16. The van der Waals surface area contributed by atoms with Gasteiger partial charge in [0.15, 0.2) is 11.9 Å². The molecule has 0 bridgehead atoms. The number of rotatable bonds is 4. The van der Waals surface area contributed by atoms with Crippen LogP contribution in [0.1, 0.15) is 17.4 Å². The van der Waals surface area contributed by atoms with Crippen LogP contribution in [0.25, 0.3) is 0 Å². The molecule has 0 fully saturated rings. The molecule has 4 nitrogen and oxygen atoms in total. The minimum absolute atomic E-state index is 0.233. The zero-order valence-electron chi connectivity index (χ0n) is 10.4. The first-order chi connectivity index (χ1) is 9.11. The summed E-state index contributed by atoms with van der Waals surface area (Å²) in [6, 6.07) is 10.5. The predicted octanol–water partition coefficient (Wildman–Crippen LogP) is 2.37. The van der Waals surface area contributed by atoms with Crippen molar-refractivity contribution >= 4 is 15.9 Å². The van der Waals surface area contributed by atoms with Crippen molar-refractivity contribution in [1.82, 2.24) is 0 Å². The third kappa shape index (κ3) is 3.24. The molecule has 1 atom stereocenters. The van der Waals surface area contributed by atoms with Crippen molar-refractivity contribution in [3.63, 3.8) is 0 Å². The fourth-order valence-electron chi connectivity index (χ4n) is 1.90. The Hall–Kier alpha value is -1.59. The van der Waals surface area contributed by atoms with Gasteiger partial charge in [-0.2, -0.15) is 4.73 Å². The number of ether oxygens (including phenoxy) is 1. The molecule has 0 saturated carbocycles. The van der Waals surface area contributed by atoms with Gasteiger partial charge in [0.25, 0.3) is 0 Å². The van der Waals surface area contributed by atoms with E-state index in [-0.39, 0.29) is 6.42 Å². The summed E-state index contributed by atoms with van der Waals surface area (Å²) < 4.78 is 6.83. The van der Waals surface area contributed by atoms with E-state index in [4.69, 9.17) is 4.74 Å². The molecule has 1 N–H and O–H groups in total. The molecule has 19 heavy (non-hydrogen) atoms.